The van der Waals surface area contributed by atoms with Crippen LogP contribution >= 0.6 is 0 Å². The van der Waals surface area contributed by atoms with Crippen molar-refractivity contribution >= 4 is 28.7 Å². The van der Waals surface area contributed by atoms with Crippen molar-refractivity contribution in [2.24, 2.45) is 4.99 Å². The van der Waals surface area contributed by atoms with E-state index in [2.05, 4.69) is 4.99 Å². The standard InChI is InChI=1S/C29H21NO3/c31-27(21-13-5-1-6-14-21)25(28(32)22-15-7-2-8-16-22)26(30-24-19-11-4-12-20-24)29(33)23-17-9-3-10-18-23/h1-20,31H/b27-25+,30-26?. The molecule has 4 aromatic rings. The van der Waals surface area contributed by atoms with Crippen LogP contribution in [-0.2, 0) is 0 Å². The number of rotatable bonds is 7. The molecule has 0 radical (unpaired) electrons. The Morgan fingerprint density at radius 1 is 0.515 bits per heavy atom. The molecule has 0 heterocycles. The molecule has 0 amide bonds. The second kappa shape index (κ2) is 10.2. The van der Waals surface area contributed by atoms with Gasteiger partial charge in [0.2, 0.25) is 5.78 Å². The van der Waals surface area contributed by atoms with Crippen LogP contribution in [0.3, 0.4) is 0 Å². The monoisotopic (exact) mass is 431 g/mol. The fraction of sp³-hybridized carbons (Fsp3) is 0. The van der Waals surface area contributed by atoms with Gasteiger partial charge in [0.05, 0.1) is 11.3 Å². The Balaban J connectivity index is 1.98. The molecule has 0 saturated heterocycles. The summed E-state index contributed by atoms with van der Waals surface area (Å²) in [5.41, 5.74) is 1.35. The van der Waals surface area contributed by atoms with Gasteiger partial charge in [-0.2, -0.15) is 0 Å². The molecule has 0 aromatic heterocycles. The third-order valence-corrected chi connectivity index (χ3v) is 5.03. The Morgan fingerprint density at radius 3 is 1.39 bits per heavy atom. The second-order valence-corrected chi connectivity index (χ2v) is 7.28. The van der Waals surface area contributed by atoms with Crippen LogP contribution in [0.5, 0.6) is 0 Å². The van der Waals surface area contributed by atoms with E-state index in [0.29, 0.717) is 22.4 Å². The molecular formula is C29H21NO3. The molecular weight excluding hydrogens is 410 g/mol. The lowest BCUT2D eigenvalue weighted by Crippen LogP contribution is -2.24. The number of hydrogen-bond donors (Lipinski definition) is 1. The van der Waals surface area contributed by atoms with Crippen molar-refractivity contribution in [2.75, 3.05) is 0 Å². The molecule has 0 atom stereocenters. The van der Waals surface area contributed by atoms with Gasteiger partial charge in [-0.25, -0.2) is 4.99 Å². The fourth-order valence-electron chi connectivity index (χ4n) is 3.38. The van der Waals surface area contributed by atoms with Crippen LogP contribution in [0.2, 0.25) is 0 Å². The molecule has 4 nitrogen and oxygen atoms in total. The molecule has 1 N–H and O–H groups in total. The number of hydrogen-bond acceptors (Lipinski definition) is 4. The third kappa shape index (κ3) is 5.02. The number of aliphatic hydroxyl groups is 1. The van der Waals surface area contributed by atoms with Gasteiger partial charge in [0.25, 0.3) is 0 Å². The quantitative estimate of drug-likeness (QED) is 0.157. The molecule has 0 fully saturated rings. The molecule has 0 aliphatic heterocycles. The molecule has 0 aliphatic rings. The predicted molar refractivity (Wildman–Crippen MR) is 131 cm³/mol. The van der Waals surface area contributed by atoms with E-state index in [0.717, 1.165) is 0 Å². The van der Waals surface area contributed by atoms with E-state index in [1.807, 2.05) is 12.1 Å². The average Bonchev–Trinajstić information content (AvgIpc) is 2.90. The summed E-state index contributed by atoms with van der Waals surface area (Å²) in [5, 5.41) is 11.3. The van der Waals surface area contributed by atoms with Gasteiger partial charge in [-0.15, -0.1) is 0 Å². The van der Waals surface area contributed by atoms with Gasteiger partial charge in [0.15, 0.2) is 5.78 Å². The normalized spacial score (nSPS) is 12.1. The van der Waals surface area contributed by atoms with Crippen molar-refractivity contribution in [3.05, 3.63) is 144 Å². The molecule has 0 saturated carbocycles. The van der Waals surface area contributed by atoms with Gasteiger partial charge < -0.3 is 5.11 Å². The van der Waals surface area contributed by atoms with Crippen molar-refractivity contribution in [3.63, 3.8) is 0 Å². The second-order valence-electron chi connectivity index (χ2n) is 7.28. The highest BCUT2D eigenvalue weighted by atomic mass is 16.3. The van der Waals surface area contributed by atoms with Crippen molar-refractivity contribution in [3.8, 4) is 0 Å². The Hall–Kier alpha value is -4.57. The zero-order chi connectivity index (χ0) is 23.0. The van der Waals surface area contributed by atoms with Crippen molar-refractivity contribution in [1.82, 2.24) is 0 Å². The Kier molecular flexibility index (Phi) is 6.67. The summed E-state index contributed by atoms with van der Waals surface area (Å²) in [6, 6.07) is 34.7. The smallest absolute Gasteiger partial charge is 0.212 e. The van der Waals surface area contributed by atoms with E-state index in [1.54, 1.807) is 109 Å². The number of aliphatic imine (C=N–C) groups is 1. The van der Waals surface area contributed by atoms with Gasteiger partial charge in [-0.1, -0.05) is 109 Å². The van der Waals surface area contributed by atoms with Gasteiger partial charge >= 0.3 is 0 Å². The molecule has 4 heteroatoms. The summed E-state index contributed by atoms with van der Waals surface area (Å²) in [4.78, 5) is 31.9. The van der Waals surface area contributed by atoms with Crippen molar-refractivity contribution in [2.45, 2.75) is 0 Å². The van der Waals surface area contributed by atoms with Crippen LogP contribution in [0.25, 0.3) is 5.76 Å². The van der Waals surface area contributed by atoms with Crippen molar-refractivity contribution < 1.29 is 14.7 Å². The summed E-state index contributed by atoms with van der Waals surface area (Å²) in [6.07, 6.45) is 0. The molecule has 160 valence electrons. The minimum atomic E-state index is -0.490. The zero-order valence-corrected chi connectivity index (χ0v) is 17.8. The van der Waals surface area contributed by atoms with Gasteiger partial charge in [0, 0.05) is 16.7 Å². The van der Waals surface area contributed by atoms with Crippen LogP contribution < -0.4 is 0 Å². The SMILES string of the molecule is O=C(C(=Nc1ccccc1)/C(C(=O)c1ccccc1)=C(\O)c1ccccc1)c1ccccc1. The number of ketones is 2. The molecule has 0 unspecified atom stereocenters. The Morgan fingerprint density at radius 2 is 0.909 bits per heavy atom. The first-order chi connectivity index (χ1) is 16.1. The van der Waals surface area contributed by atoms with E-state index >= 15 is 0 Å². The summed E-state index contributed by atoms with van der Waals surface area (Å²) in [6.45, 7) is 0. The average molecular weight is 431 g/mol. The number of allylic oxidation sites excluding steroid dienone is 1. The highest BCUT2D eigenvalue weighted by Crippen LogP contribution is 2.25. The molecule has 4 rings (SSSR count). The number of carbonyl (C=O) groups excluding carboxylic acids is 2. The number of benzene rings is 4. The number of aliphatic hydroxyl groups excluding tert-OH is 1. The fourth-order valence-corrected chi connectivity index (χ4v) is 3.38. The van der Waals surface area contributed by atoms with Gasteiger partial charge in [-0.05, 0) is 12.1 Å². The lowest BCUT2D eigenvalue weighted by Gasteiger charge is -2.14. The van der Waals surface area contributed by atoms with E-state index in [1.165, 1.54) is 0 Å². The maximum absolute atomic E-state index is 13.7. The van der Waals surface area contributed by atoms with Crippen LogP contribution in [0.1, 0.15) is 26.3 Å². The summed E-state index contributed by atoms with van der Waals surface area (Å²) < 4.78 is 0. The van der Waals surface area contributed by atoms with Crippen LogP contribution in [0.4, 0.5) is 5.69 Å². The van der Waals surface area contributed by atoms with Gasteiger partial charge in [0.1, 0.15) is 11.5 Å². The van der Waals surface area contributed by atoms with E-state index in [-0.39, 0.29) is 17.0 Å². The zero-order valence-electron chi connectivity index (χ0n) is 17.8. The van der Waals surface area contributed by atoms with Crippen LogP contribution in [-0.4, -0.2) is 22.4 Å². The van der Waals surface area contributed by atoms with E-state index < -0.39 is 11.6 Å². The first-order valence-electron chi connectivity index (χ1n) is 10.5. The lowest BCUT2D eigenvalue weighted by molar-refractivity contribution is 0.102. The Bertz CT molecular complexity index is 1310. The number of carbonyl (C=O) groups is 2. The molecule has 0 spiro atoms. The third-order valence-electron chi connectivity index (χ3n) is 5.03. The summed E-state index contributed by atoms with van der Waals surface area (Å²) in [5.74, 6) is -1.25. The molecule has 0 bridgehead atoms. The maximum Gasteiger partial charge on any atom is 0.212 e. The predicted octanol–water partition coefficient (Wildman–Crippen LogP) is 6.49. The topological polar surface area (TPSA) is 66.7 Å². The Labute approximate surface area is 192 Å². The summed E-state index contributed by atoms with van der Waals surface area (Å²) >= 11 is 0. The molecule has 4 aromatic carbocycles. The first-order valence-corrected chi connectivity index (χ1v) is 10.5. The molecule has 33 heavy (non-hydrogen) atoms. The lowest BCUT2D eigenvalue weighted by atomic mass is 9.91. The molecule has 0 aliphatic carbocycles. The number of para-hydroxylation sites is 1. The largest absolute Gasteiger partial charge is 0.506 e. The van der Waals surface area contributed by atoms with E-state index in [9.17, 15) is 14.7 Å². The number of Topliss-reactive ketones (excluding diaryl/α,β-unsaturated/α-hetero) is 2. The van der Waals surface area contributed by atoms with Crippen molar-refractivity contribution in [1.29, 1.82) is 0 Å². The van der Waals surface area contributed by atoms with E-state index in [4.69, 9.17) is 0 Å². The minimum Gasteiger partial charge on any atom is -0.506 e. The minimum absolute atomic E-state index is 0.123. The first kappa shape index (κ1) is 21.7. The number of nitrogens with zero attached hydrogens (tertiary/aromatic N) is 1. The maximum atomic E-state index is 13.7. The highest BCUT2D eigenvalue weighted by Gasteiger charge is 2.29. The van der Waals surface area contributed by atoms with Crippen LogP contribution in [0.15, 0.2) is 132 Å². The summed E-state index contributed by atoms with van der Waals surface area (Å²) in [7, 11) is 0. The van der Waals surface area contributed by atoms with Crippen LogP contribution in [0, 0.1) is 0 Å². The van der Waals surface area contributed by atoms with Gasteiger partial charge in [-0.3, -0.25) is 9.59 Å². The highest BCUT2D eigenvalue weighted by molar-refractivity contribution is 6.58.